The SMILES string of the molecule is CCCCN1C(=O)C(=O)/C(=C(\O)c2ccc3c(c2)CC(C)O3)C1c1ccc(O)c(Cl)c1. The Morgan fingerprint density at radius 1 is 1.23 bits per heavy atom. The largest absolute Gasteiger partial charge is 0.507 e. The highest BCUT2D eigenvalue weighted by atomic mass is 35.5. The fourth-order valence-electron chi connectivity index (χ4n) is 4.20. The van der Waals surface area contributed by atoms with E-state index in [2.05, 4.69) is 0 Å². The molecule has 2 N–H and O–H groups in total. The van der Waals surface area contributed by atoms with E-state index >= 15 is 0 Å². The molecule has 2 atom stereocenters. The lowest BCUT2D eigenvalue weighted by atomic mass is 9.94. The van der Waals surface area contributed by atoms with E-state index < -0.39 is 17.7 Å². The zero-order chi connectivity index (χ0) is 22.3. The van der Waals surface area contributed by atoms with Gasteiger partial charge >= 0.3 is 0 Å². The van der Waals surface area contributed by atoms with Crippen molar-refractivity contribution in [2.75, 3.05) is 6.54 Å². The minimum atomic E-state index is -0.784. The zero-order valence-corrected chi connectivity index (χ0v) is 18.1. The summed E-state index contributed by atoms with van der Waals surface area (Å²) in [5.74, 6) is -0.942. The molecule has 0 bridgehead atoms. The fourth-order valence-corrected chi connectivity index (χ4v) is 4.39. The summed E-state index contributed by atoms with van der Waals surface area (Å²) in [7, 11) is 0. The molecule has 2 aliphatic heterocycles. The summed E-state index contributed by atoms with van der Waals surface area (Å²) in [5.41, 5.74) is 1.98. The lowest BCUT2D eigenvalue weighted by Gasteiger charge is -2.25. The quantitative estimate of drug-likeness (QED) is 0.402. The molecule has 2 heterocycles. The van der Waals surface area contributed by atoms with Gasteiger partial charge in [-0.3, -0.25) is 9.59 Å². The van der Waals surface area contributed by atoms with Gasteiger partial charge in [0.1, 0.15) is 23.4 Å². The number of rotatable bonds is 5. The van der Waals surface area contributed by atoms with E-state index in [9.17, 15) is 19.8 Å². The number of unbranched alkanes of at least 4 members (excludes halogenated alkanes) is 1. The molecule has 7 heteroatoms. The fraction of sp³-hybridized carbons (Fsp3) is 0.333. The van der Waals surface area contributed by atoms with E-state index in [0.29, 0.717) is 30.5 Å². The van der Waals surface area contributed by atoms with E-state index in [4.69, 9.17) is 16.3 Å². The summed E-state index contributed by atoms with van der Waals surface area (Å²) < 4.78 is 5.72. The van der Waals surface area contributed by atoms with Crippen molar-refractivity contribution in [1.82, 2.24) is 4.90 Å². The molecule has 2 aromatic rings. The summed E-state index contributed by atoms with van der Waals surface area (Å²) >= 11 is 6.11. The second kappa shape index (κ2) is 8.27. The average Bonchev–Trinajstić information content (AvgIpc) is 3.24. The monoisotopic (exact) mass is 441 g/mol. The molecule has 31 heavy (non-hydrogen) atoms. The minimum Gasteiger partial charge on any atom is -0.507 e. The molecule has 2 aromatic carbocycles. The normalized spacial score (nSPS) is 22.0. The smallest absolute Gasteiger partial charge is 0.295 e. The number of aliphatic hydroxyl groups excluding tert-OH is 1. The molecule has 2 unspecified atom stereocenters. The summed E-state index contributed by atoms with van der Waals surface area (Å²) in [4.78, 5) is 27.3. The maximum Gasteiger partial charge on any atom is 0.295 e. The number of phenolic OH excluding ortho intramolecular Hbond substituents is 1. The molecule has 0 spiro atoms. The van der Waals surface area contributed by atoms with Gasteiger partial charge in [0.05, 0.1) is 16.6 Å². The second-order valence-electron chi connectivity index (χ2n) is 8.01. The number of ketones is 1. The van der Waals surface area contributed by atoms with Crippen LogP contribution in [0, 0.1) is 0 Å². The third-order valence-corrected chi connectivity index (χ3v) is 6.05. The van der Waals surface area contributed by atoms with Crippen LogP contribution in [-0.2, 0) is 16.0 Å². The van der Waals surface area contributed by atoms with E-state index in [1.54, 1.807) is 24.3 Å². The highest BCUT2D eigenvalue weighted by Gasteiger charge is 2.46. The lowest BCUT2D eigenvalue weighted by molar-refractivity contribution is -0.139. The van der Waals surface area contributed by atoms with Gasteiger partial charge in [-0.2, -0.15) is 0 Å². The Labute approximate surface area is 185 Å². The van der Waals surface area contributed by atoms with Crippen LogP contribution >= 0.6 is 11.6 Å². The first-order chi connectivity index (χ1) is 14.8. The van der Waals surface area contributed by atoms with Gasteiger partial charge in [-0.15, -0.1) is 0 Å². The van der Waals surface area contributed by atoms with E-state index in [-0.39, 0.29) is 28.2 Å². The highest BCUT2D eigenvalue weighted by Crippen LogP contribution is 2.42. The first kappa shape index (κ1) is 21.2. The molecule has 4 rings (SSSR count). The molecular weight excluding hydrogens is 418 g/mol. The minimum absolute atomic E-state index is 0.0229. The van der Waals surface area contributed by atoms with Gasteiger partial charge in [-0.25, -0.2) is 0 Å². The molecule has 0 radical (unpaired) electrons. The Morgan fingerprint density at radius 2 is 2.00 bits per heavy atom. The van der Waals surface area contributed by atoms with Crippen molar-refractivity contribution in [3.8, 4) is 11.5 Å². The lowest BCUT2D eigenvalue weighted by Crippen LogP contribution is -2.30. The van der Waals surface area contributed by atoms with E-state index in [1.165, 1.54) is 17.0 Å². The molecular formula is C24H24ClNO5. The van der Waals surface area contributed by atoms with Crippen LogP contribution in [0.25, 0.3) is 5.76 Å². The van der Waals surface area contributed by atoms with Crippen LogP contribution in [0.15, 0.2) is 42.0 Å². The number of amides is 1. The van der Waals surface area contributed by atoms with Gasteiger partial charge in [0.2, 0.25) is 0 Å². The Balaban J connectivity index is 1.84. The maximum absolute atomic E-state index is 13.0. The first-order valence-electron chi connectivity index (χ1n) is 10.4. The van der Waals surface area contributed by atoms with Crippen LogP contribution in [0.2, 0.25) is 5.02 Å². The van der Waals surface area contributed by atoms with Crippen molar-refractivity contribution >= 4 is 29.1 Å². The number of fused-ring (bicyclic) bond motifs is 1. The number of nitrogens with zero attached hydrogens (tertiary/aromatic N) is 1. The predicted octanol–water partition coefficient (Wildman–Crippen LogP) is 4.59. The Morgan fingerprint density at radius 3 is 2.71 bits per heavy atom. The number of likely N-dealkylation sites (tertiary alicyclic amines) is 1. The van der Waals surface area contributed by atoms with Crippen molar-refractivity contribution in [2.45, 2.75) is 45.3 Å². The number of Topliss-reactive ketones (excluding diaryl/α,β-unsaturated/α-hetero) is 1. The summed E-state index contributed by atoms with van der Waals surface area (Å²) in [6.07, 6.45) is 2.31. The first-order valence-corrected chi connectivity index (χ1v) is 10.8. The van der Waals surface area contributed by atoms with Crippen molar-refractivity contribution in [3.63, 3.8) is 0 Å². The number of carbonyl (C=O) groups is 2. The summed E-state index contributed by atoms with van der Waals surface area (Å²) in [6, 6.07) is 9.04. The second-order valence-corrected chi connectivity index (χ2v) is 8.42. The van der Waals surface area contributed by atoms with Gasteiger partial charge < -0.3 is 19.8 Å². The zero-order valence-electron chi connectivity index (χ0n) is 17.4. The molecule has 6 nitrogen and oxygen atoms in total. The van der Waals surface area contributed by atoms with Crippen LogP contribution in [0.5, 0.6) is 11.5 Å². The third-order valence-electron chi connectivity index (χ3n) is 5.75. The molecule has 1 fully saturated rings. The van der Waals surface area contributed by atoms with Crippen molar-refractivity contribution in [3.05, 3.63) is 63.7 Å². The Kier molecular flexibility index (Phi) is 5.67. The van der Waals surface area contributed by atoms with Gasteiger partial charge in [0.15, 0.2) is 0 Å². The molecule has 2 aliphatic rings. The van der Waals surface area contributed by atoms with Gasteiger partial charge in [0.25, 0.3) is 11.7 Å². The van der Waals surface area contributed by atoms with Crippen LogP contribution in [0.1, 0.15) is 49.4 Å². The number of ether oxygens (including phenoxy) is 1. The maximum atomic E-state index is 13.0. The van der Waals surface area contributed by atoms with Crippen molar-refractivity contribution in [1.29, 1.82) is 0 Å². The number of hydrogen-bond donors (Lipinski definition) is 2. The molecule has 0 aromatic heterocycles. The molecule has 1 amide bonds. The number of aliphatic hydroxyl groups is 1. The molecule has 0 saturated carbocycles. The van der Waals surface area contributed by atoms with Crippen LogP contribution < -0.4 is 4.74 Å². The van der Waals surface area contributed by atoms with Gasteiger partial charge in [0, 0.05) is 18.5 Å². The van der Waals surface area contributed by atoms with Crippen LogP contribution in [0.3, 0.4) is 0 Å². The summed E-state index contributed by atoms with van der Waals surface area (Å²) in [6.45, 7) is 4.33. The van der Waals surface area contributed by atoms with Crippen LogP contribution in [-0.4, -0.2) is 39.5 Å². The topological polar surface area (TPSA) is 87.1 Å². The van der Waals surface area contributed by atoms with Crippen molar-refractivity contribution in [2.24, 2.45) is 0 Å². The number of benzene rings is 2. The highest BCUT2D eigenvalue weighted by molar-refractivity contribution is 6.46. The van der Waals surface area contributed by atoms with E-state index in [1.807, 2.05) is 13.8 Å². The molecule has 162 valence electrons. The van der Waals surface area contributed by atoms with Crippen LogP contribution in [0.4, 0.5) is 0 Å². The molecule has 1 saturated heterocycles. The number of aromatic hydroxyl groups is 1. The Hall–Kier alpha value is -2.99. The number of phenols is 1. The summed E-state index contributed by atoms with van der Waals surface area (Å²) in [5, 5.41) is 21.1. The Bertz CT molecular complexity index is 1090. The number of carbonyl (C=O) groups excluding carboxylic acids is 2. The average molecular weight is 442 g/mol. The van der Waals surface area contributed by atoms with Gasteiger partial charge in [-0.1, -0.05) is 31.0 Å². The molecule has 0 aliphatic carbocycles. The standard InChI is InChI=1S/C24H24ClNO5/c1-3-4-9-26-21(14-5-7-18(27)17(25)12-14)20(23(29)24(26)30)22(28)15-6-8-19-16(11-15)10-13(2)31-19/h5-8,11-13,21,27-28H,3-4,9-10H2,1-2H3/b22-20-. The van der Waals surface area contributed by atoms with E-state index in [0.717, 1.165) is 17.7 Å². The van der Waals surface area contributed by atoms with Crippen molar-refractivity contribution < 1.29 is 24.5 Å². The van der Waals surface area contributed by atoms with Gasteiger partial charge in [-0.05, 0) is 54.8 Å². The third kappa shape index (κ3) is 3.76. The predicted molar refractivity (Wildman–Crippen MR) is 117 cm³/mol. The number of halogens is 1. The number of hydrogen-bond acceptors (Lipinski definition) is 5.